The van der Waals surface area contributed by atoms with E-state index in [9.17, 15) is 10.2 Å². The van der Waals surface area contributed by atoms with Gasteiger partial charge in [-0.15, -0.1) is 0 Å². The molecule has 7 heteroatoms. The van der Waals surface area contributed by atoms with E-state index in [4.69, 9.17) is 20.8 Å². The molecule has 0 aliphatic carbocycles. The summed E-state index contributed by atoms with van der Waals surface area (Å²) in [5.74, 6) is 4.76. The van der Waals surface area contributed by atoms with Crippen LogP contribution in [0.4, 0.5) is 0 Å². The second-order valence-corrected chi connectivity index (χ2v) is 2.83. The van der Waals surface area contributed by atoms with E-state index in [-0.39, 0.29) is 0 Å². The number of hydrogen-bond donors (Lipinski definition) is 5. The first kappa shape index (κ1) is 10.8. The second kappa shape index (κ2) is 4.29. The molecule has 1 aliphatic heterocycles. The average molecular weight is 195 g/mol. The lowest BCUT2D eigenvalue weighted by molar-refractivity contribution is -0.297. The van der Waals surface area contributed by atoms with E-state index in [1.165, 1.54) is 0 Å². The molecular weight excluding hydrogens is 182 g/mol. The molecule has 0 bridgehead atoms. The van der Waals surface area contributed by atoms with Gasteiger partial charge in [-0.2, -0.15) is 0 Å². The van der Waals surface area contributed by atoms with Crippen LogP contribution in [0, 0.1) is 0 Å². The molecule has 7 nitrogen and oxygen atoms in total. The highest BCUT2D eigenvalue weighted by Crippen LogP contribution is 2.20. The first-order chi connectivity index (χ1) is 6.11. The standard InChI is InChI=1S/C6H13NO6/c7-13-5-4(10)3(9)2(1-8)12-6(5)11/h2-6,8-11H,1,7H2/t2?,3-,4+,5-,6?/m1/s1. The Morgan fingerprint density at radius 2 is 1.85 bits per heavy atom. The van der Waals surface area contributed by atoms with Gasteiger partial charge < -0.3 is 25.2 Å². The molecule has 0 spiro atoms. The summed E-state index contributed by atoms with van der Waals surface area (Å²) in [7, 11) is 0. The van der Waals surface area contributed by atoms with Crippen LogP contribution < -0.4 is 5.90 Å². The fraction of sp³-hybridized carbons (Fsp3) is 1.00. The Morgan fingerprint density at radius 1 is 1.23 bits per heavy atom. The van der Waals surface area contributed by atoms with Crippen molar-refractivity contribution in [2.24, 2.45) is 5.90 Å². The molecule has 5 atom stereocenters. The molecule has 0 aromatic carbocycles. The largest absolute Gasteiger partial charge is 0.394 e. The predicted molar refractivity (Wildman–Crippen MR) is 39.0 cm³/mol. The Kier molecular flexibility index (Phi) is 3.56. The number of aliphatic hydroxyl groups is 4. The van der Waals surface area contributed by atoms with Gasteiger partial charge in [0.1, 0.15) is 18.3 Å². The van der Waals surface area contributed by atoms with Gasteiger partial charge in [0.2, 0.25) is 0 Å². The fourth-order valence-corrected chi connectivity index (χ4v) is 1.22. The topological polar surface area (TPSA) is 125 Å². The number of ether oxygens (including phenoxy) is 1. The summed E-state index contributed by atoms with van der Waals surface area (Å²) in [5, 5.41) is 36.4. The summed E-state index contributed by atoms with van der Waals surface area (Å²) in [4.78, 5) is 4.21. The number of hydrogen-bond acceptors (Lipinski definition) is 7. The van der Waals surface area contributed by atoms with Gasteiger partial charge in [0.05, 0.1) is 6.61 Å². The minimum absolute atomic E-state index is 0.507. The van der Waals surface area contributed by atoms with Gasteiger partial charge in [-0.05, 0) is 0 Å². The van der Waals surface area contributed by atoms with Crippen LogP contribution in [0.25, 0.3) is 0 Å². The third-order valence-electron chi connectivity index (χ3n) is 2.00. The van der Waals surface area contributed by atoms with Crippen molar-refractivity contribution in [1.82, 2.24) is 0 Å². The Balaban J connectivity index is 2.66. The predicted octanol–water partition coefficient (Wildman–Crippen LogP) is -3.32. The Hall–Kier alpha value is -0.280. The van der Waals surface area contributed by atoms with Gasteiger partial charge in [-0.25, -0.2) is 5.90 Å². The fourth-order valence-electron chi connectivity index (χ4n) is 1.22. The summed E-state index contributed by atoms with van der Waals surface area (Å²) >= 11 is 0. The van der Waals surface area contributed by atoms with Gasteiger partial charge in [0.15, 0.2) is 12.4 Å². The number of rotatable bonds is 2. The van der Waals surface area contributed by atoms with Crippen molar-refractivity contribution in [3.8, 4) is 0 Å². The summed E-state index contributed by atoms with van der Waals surface area (Å²) in [6.07, 6.45) is -6.41. The lowest BCUT2D eigenvalue weighted by atomic mass is 9.99. The summed E-state index contributed by atoms with van der Waals surface area (Å²) in [6.45, 7) is -0.507. The van der Waals surface area contributed by atoms with Crippen LogP contribution in [0.3, 0.4) is 0 Å². The maximum atomic E-state index is 9.30. The zero-order chi connectivity index (χ0) is 10.0. The van der Waals surface area contributed by atoms with Crippen molar-refractivity contribution in [2.45, 2.75) is 30.7 Å². The maximum absolute atomic E-state index is 9.30. The Morgan fingerprint density at radius 3 is 2.31 bits per heavy atom. The molecule has 78 valence electrons. The van der Waals surface area contributed by atoms with E-state index in [1.54, 1.807) is 0 Å². The van der Waals surface area contributed by atoms with Crippen LogP contribution in [0.1, 0.15) is 0 Å². The highest BCUT2D eigenvalue weighted by Gasteiger charge is 2.44. The Bertz CT molecular complexity index is 167. The van der Waals surface area contributed by atoms with E-state index < -0.39 is 37.3 Å². The van der Waals surface area contributed by atoms with Gasteiger partial charge in [0.25, 0.3) is 0 Å². The van der Waals surface area contributed by atoms with Crippen molar-refractivity contribution in [3.05, 3.63) is 0 Å². The molecule has 6 N–H and O–H groups in total. The lowest BCUT2D eigenvalue weighted by Gasteiger charge is -2.38. The molecule has 0 radical (unpaired) electrons. The second-order valence-electron chi connectivity index (χ2n) is 2.83. The molecular formula is C6H13NO6. The average Bonchev–Trinajstić information content (AvgIpc) is 2.12. The van der Waals surface area contributed by atoms with Crippen LogP contribution in [0.5, 0.6) is 0 Å². The molecule has 1 aliphatic rings. The van der Waals surface area contributed by atoms with E-state index >= 15 is 0 Å². The van der Waals surface area contributed by atoms with Crippen molar-refractivity contribution in [3.63, 3.8) is 0 Å². The first-order valence-electron chi connectivity index (χ1n) is 3.78. The molecule has 0 saturated carbocycles. The lowest BCUT2D eigenvalue weighted by Crippen LogP contribution is -2.59. The van der Waals surface area contributed by atoms with Gasteiger partial charge >= 0.3 is 0 Å². The van der Waals surface area contributed by atoms with E-state index in [1.807, 2.05) is 0 Å². The molecule has 1 saturated heterocycles. The molecule has 0 aromatic rings. The quantitative estimate of drug-likeness (QED) is 0.292. The third-order valence-corrected chi connectivity index (χ3v) is 2.00. The van der Waals surface area contributed by atoms with E-state index in [2.05, 4.69) is 4.84 Å². The van der Waals surface area contributed by atoms with Gasteiger partial charge in [0, 0.05) is 0 Å². The highest BCUT2D eigenvalue weighted by molar-refractivity contribution is 4.88. The SMILES string of the molecule is NO[C@H]1C(O)OC(CO)[C@@H](O)[C@@H]1O. The molecule has 1 rings (SSSR count). The van der Waals surface area contributed by atoms with Crippen LogP contribution in [0.15, 0.2) is 0 Å². The summed E-state index contributed by atoms with van der Waals surface area (Å²) in [5.41, 5.74) is 0. The van der Waals surface area contributed by atoms with Crippen LogP contribution in [-0.2, 0) is 9.57 Å². The van der Waals surface area contributed by atoms with E-state index in [0.717, 1.165) is 0 Å². The van der Waals surface area contributed by atoms with Crippen molar-refractivity contribution in [2.75, 3.05) is 6.61 Å². The third kappa shape index (κ3) is 1.97. The van der Waals surface area contributed by atoms with Crippen molar-refractivity contribution < 1.29 is 30.0 Å². The van der Waals surface area contributed by atoms with Crippen LogP contribution in [-0.4, -0.2) is 57.7 Å². The minimum Gasteiger partial charge on any atom is -0.394 e. The molecule has 0 aromatic heterocycles. The monoisotopic (exact) mass is 195 g/mol. The van der Waals surface area contributed by atoms with Crippen LogP contribution >= 0.6 is 0 Å². The van der Waals surface area contributed by atoms with Crippen LogP contribution in [0.2, 0.25) is 0 Å². The van der Waals surface area contributed by atoms with Gasteiger partial charge in [-0.3, -0.25) is 4.84 Å². The van der Waals surface area contributed by atoms with Crippen molar-refractivity contribution in [1.29, 1.82) is 0 Å². The smallest absolute Gasteiger partial charge is 0.186 e. The van der Waals surface area contributed by atoms with Gasteiger partial charge in [-0.1, -0.05) is 0 Å². The molecule has 0 amide bonds. The number of nitrogens with two attached hydrogens (primary N) is 1. The normalized spacial score (nSPS) is 46.4. The maximum Gasteiger partial charge on any atom is 0.186 e. The zero-order valence-electron chi connectivity index (χ0n) is 6.78. The summed E-state index contributed by atoms with van der Waals surface area (Å²) in [6, 6.07) is 0. The first-order valence-corrected chi connectivity index (χ1v) is 3.78. The van der Waals surface area contributed by atoms with Crippen molar-refractivity contribution >= 4 is 0 Å². The Labute approximate surface area is 74.3 Å². The number of aliphatic hydroxyl groups excluding tert-OH is 4. The zero-order valence-corrected chi connectivity index (χ0v) is 6.78. The molecule has 1 heterocycles. The molecule has 1 fully saturated rings. The highest BCUT2D eigenvalue weighted by atomic mass is 16.7. The molecule has 2 unspecified atom stereocenters. The van der Waals surface area contributed by atoms with E-state index in [0.29, 0.717) is 0 Å². The minimum atomic E-state index is -1.46. The summed E-state index contributed by atoms with van der Waals surface area (Å²) < 4.78 is 4.71. The molecule has 13 heavy (non-hydrogen) atoms.